The molecule has 1 aliphatic heterocycles. The topological polar surface area (TPSA) is 29.4 Å². The number of carbonyl (C=O) groups excluding carboxylic acids is 1. The molecule has 2 unspecified atom stereocenters. The normalized spacial score (nSPS) is 35.3. The summed E-state index contributed by atoms with van der Waals surface area (Å²) in [6.45, 7) is 0.884. The fourth-order valence-electron chi connectivity index (χ4n) is 3.20. The van der Waals surface area contributed by atoms with Crippen LogP contribution < -0.4 is 0 Å². The van der Waals surface area contributed by atoms with E-state index >= 15 is 0 Å². The molecule has 2 heteroatoms. The van der Waals surface area contributed by atoms with E-state index < -0.39 is 0 Å². The molecule has 1 aromatic carbocycles. The van der Waals surface area contributed by atoms with E-state index in [2.05, 4.69) is 11.1 Å². The van der Waals surface area contributed by atoms with Gasteiger partial charge in [-0.2, -0.15) is 0 Å². The first-order valence-electron chi connectivity index (χ1n) is 5.49. The smallest absolute Gasteiger partial charge is 0.175 e. The molecular weight excluding hydrogens is 186 g/mol. The fourth-order valence-corrected chi connectivity index (χ4v) is 3.20. The molecule has 1 saturated carbocycles. The minimum absolute atomic E-state index is 0.131. The van der Waals surface area contributed by atoms with Crippen LogP contribution in [0.15, 0.2) is 29.3 Å². The lowest BCUT2D eigenvalue weighted by Crippen LogP contribution is -2.33. The van der Waals surface area contributed by atoms with Crippen molar-refractivity contribution in [2.24, 2.45) is 16.3 Å². The van der Waals surface area contributed by atoms with E-state index in [9.17, 15) is 4.79 Å². The fraction of sp³-hybridized carbons (Fsp3) is 0.385. The predicted octanol–water partition coefficient (Wildman–Crippen LogP) is 1.89. The van der Waals surface area contributed by atoms with Gasteiger partial charge in [0, 0.05) is 24.2 Å². The number of Topliss-reactive ketones (excluding diaryl/α,β-unsaturated/α-hetero) is 1. The zero-order valence-corrected chi connectivity index (χ0v) is 8.36. The summed E-state index contributed by atoms with van der Waals surface area (Å²) < 4.78 is 0. The number of fused-ring (bicyclic) bond motifs is 1. The number of nitrogens with zero attached hydrogens (tertiary/aromatic N) is 1. The zero-order chi connectivity index (χ0) is 10.0. The predicted molar refractivity (Wildman–Crippen MR) is 57.3 cm³/mol. The molecule has 0 aromatic heterocycles. The Labute approximate surface area is 88.0 Å². The minimum atomic E-state index is -0.131. The van der Waals surface area contributed by atoms with Crippen LogP contribution in [0.4, 0.5) is 0 Å². The Morgan fingerprint density at radius 1 is 1.33 bits per heavy atom. The van der Waals surface area contributed by atoms with Crippen LogP contribution in [-0.2, 0) is 6.42 Å². The van der Waals surface area contributed by atoms with Gasteiger partial charge in [-0.15, -0.1) is 0 Å². The van der Waals surface area contributed by atoms with Crippen molar-refractivity contribution in [3.8, 4) is 0 Å². The van der Waals surface area contributed by atoms with Crippen LogP contribution in [0.1, 0.15) is 22.3 Å². The Morgan fingerprint density at radius 2 is 2.20 bits per heavy atom. The largest absolute Gasteiger partial charge is 0.293 e. The molecule has 4 rings (SSSR count). The van der Waals surface area contributed by atoms with E-state index in [4.69, 9.17) is 0 Å². The number of rotatable bonds is 0. The Hall–Kier alpha value is -1.44. The van der Waals surface area contributed by atoms with E-state index in [1.807, 2.05) is 18.2 Å². The molecule has 1 aromatic rings. The van der Waals surface area contributed by atoms with Crippen LogP contribution in [0.3, 0.4) is 0 Å². The lowest BCUT2D eigenvalue weighted by molar-refractivity contribution is 0.0930. The first-order chi connectivity index (χ1) is 7.32. The summed E-state index contributed by atoms with van der Waals surface area (Å²) in [7, 11) is 0. The van der Waals surface area contributed by atoms with Crippen molar-refractivity contribution in [1.29, 1.82) is 0 Å². The van der Waals surface area contributed by atoms with Gasteiger partial charge in [-0.05, 0) is 17.9 Å². The van der Waals surface area contributed by atoms with Crippen molar-refractivity contribution in [2.75, 3.05) is 6.54 Å². The number of aliphatic imine (C=N–C) groups is 1. The summed E-state index contributed by atoms with van der Waals surface area (Å²) in [5.41, 5.74) is 3.14. The summed E-state index contributed by atoms with van der Waals surface area (Å²) in [4.78, 5) is 16.9. The molecule has 1 heterocycles. The molecule has 1 spiro atoms. The third-order valence-corrected chi connectivity index (χ3v) is 4.15. The third-order valence-electron chi connectivity index (χ3n) is 4.15. The Bertz CT molecular complexity index is 517. The highest BCUT2D eigenvalue weighted by atomic mass is 16.1. The molecule has 15 heavy (non-hydrogen) atoms. The van der Waals surface area contributed by atoms with Crippen LogP contribution in [0, 0.1) is 11.3 Å². The molecule has 0 radical (unpaired) electrons. The molecule has 0 bridgehead atoms. The maximum absolute atomic E-state index is 12.4. The van der Waals surface area contributed by atoms with Gasteiger partial charge < -0.3 is 0 Å². The summed E-state index contributed by atoms with van der Waals surface area (Å²) in [5, 5.41) is 0. The number of ketones is 1. The van der Waals surface area contributed by atoms with Crippen molar-refractivity contribution in [2.45, 2.75) is 12.8 Å². The second-order valence-electron chi connectivity index (χ2n) is 4.82. The number of carbonyl (C=O) groups is 1. The van der Waals surface area contributed by atoms with Gasteiger partial charge >= 0.3 is 0 Å². The first-order valence-corrected chi connectivity index (χ1v) is 5.49. The Kier molecular flexibility index (Phi) is 1.15. The number of hydrogen-bond donors (Lipinski definition) is 0. The van der Waals surface area contributed by atoms with Crippen molar-refractivity contribution < 1.29 is 4.79 Å². The van der Waals surface area contributed by atoms with Gasteiger partial charge in [-0.1, -0.05) is 24.3 Å². The van der Waals surface area contributed by atoms with E-state index in [0.717, 1.165) is 30.7 Å². The SMILES string of the molecule is O=C1c2ccccc2CC2=NCC3CC123. The van der Waals surface area contributed by atoms with Crippen molar-refractivity contribution in [1.82, 2.24) is 0 Å². The molecule has 0 saturated heterocycles. The molecule has 74 valence electrons. The zero-order valence-electron chi connectivity index (χ0n) is 8.36. The van der Waals surface area contributed by atoms with Crippen LogP contribution in [0.2, 0.25) is 0 Å². The van der Waals surface area contributed by atoms with E-state index in [1.54, 1.807) is 0 Å². The van der Waals surface area contributed by atoms with Crippen LogP contribution in [-0.4, -0.2) is 18.0 Å². The lowest BCUT2D eigenvalue weighted by Gasteiger charge is -2.23. The molecule has 2 aliphatic carbocycles. The molecule has 0 N–H and O–H groups in total. The second-order valence-corrected chi connectivity index (χ2v) is 4.82. The van der Waals surface area contributed by atoms with Gasteiger partial charge in [0.15, 0.2) is 5.78 Å². The summed E-state index contributed by atoms with van der Waals surface area (Å²) in [6.07, 6.45) is 1.96. The van der Waals surface area contributed by atoms with Crippen molar-refractivity contribution in [3.63, 3.8) is 0 Å². The number of benzene rings is 1. The quantitative estimate of drug-likeness (QED) is 0.624. The van der Waals surface area contributed by atoms with Gasteiger partial charge in [-0.3, -0.25) is 9.79 Å². The molecule has 1 fully saturated rings. The number of hydrogen-bond acceptors (Lipinski definition) is 2. The van der Waals surface area contributed by atoms with Crippen LogP contribution in [0.25, 0.3) is 0 Å². The molecule has 3 aliphatic rings. The highest BCUT2D eigenvalue weighted by Crippen LogP contribution is 2.61. The van der Waals surface area contributed by atoms with Crippen LogP contribution >= 0.6 is 0 Å². The third kappa shape index (κ3) is 0.738. The van der Waals surface area contributed by atoms with Gasteiger partial charge in [0.05, 0.1) is 5.41 Å². The first kappa shape index (κ1) is 7.80. The van der Waals surface area contributed by atoms with Crippen molar-refractivity contribution in [3.05, 3.63) is 35.4 Å². The highest BCUT2D eigenvalue weighted by molar-refractivity contribution is 6.23. The average molecular weight is 197 g/mol. The summed E-state index contributed by atoms with van der Waals surface area (Å²) >= 11 is 0. The lowest BCUT2D eigenvalue weighted by atomic mass is 9.78. The van der Waals surface area contributed by atoms with Gasteiger partial charge in [0.2, 0.25) is 0 Å². The molecule has 2 atom stereocenters. The van der Waals surface area contributed by atoms with Crippen molar-refractivity contribution >= 4 is 11.5 Å². The van der Waals surface area contributed by atoms with Crippen LogP contribution in [0.5, 0.6) is 0 Å². The van der Waals surface area contributed by atoms with Gasteiger partial charge in [-0.25, -0.2) is 0 Å². The summed E-state index contributed by atoms with van der Waals surface area (Å²) in [6, 6.07) is 7.99. The van der Waals surface area contributed by atoms with E-state index in [0.29, 0.717) is 11.7 Å². The standard InChI is InChI=1S/C13H11NO/c15-12-10-4-2-1-3-8(10)5-11-13(12)6-9(13)7-14-11/h1-4,9H,5-7H2. The molecule has 2 nitrogen and oxygen atoms in total. The van der Waals surface area contributed by atoms with Gasteiger partial charge in [0.25, 0.3) is 0 Å². The molecule has 0 amide bonds. The highest BCUT2D eigenvalue weighted by Gasteiger charge is 2.66. The summed E-state index contributed by atoms with van der Waals surface area (Å²) in [5.74, 6) is 0.874. The van der Waals surface area contributed by atoms with Gasteiger partial charge in [0.1, 0.15) is 0 Å². The maximum atomic E-state index is 12.4. The van der Waals surface area contributed by atoms with E-state index in [-0.39, 0.29) is 5.41 Å². The Balaban J connectivity index is 1.97. The maximum Gasteiger partial charge on any atom is 0.175 e. The van der Waals surface area contributed by atoms with E-state index in [1.165, 1.54) is 5.56 Å². The Morgan fingerprint density at radius 3 is 3.07 bits per heavy atom. The average Bonchev–Trinajstić information content (AvgIpc) is 2.89. The molecular formula is C13H11NO. The minimum Gasteiger partial charge on any atom is -0.293 e. The second kappa shape index (κ2) is 2.21. The monoisotopic (exact) mass is 197 g/mol.